The molecule has 0 unspecified atom stereocenters. The van der Waals surface area contributed by atoms with Crippen LogP contribution in [0.1, 0.15) is 37.9 Å². The van der Waals surface area contributed by atoms with Crippen LogP contribution in [0.15, 0.2) is 109 Å². The highest BCUT2D eigenvalue weighted by molar-refractivity contribution is 5.92. The van der Waals surface area contributed by atoms with Crippen LogP contribution in [-0.4, -0.2) is 19.0 Å². The lowest BCUT2D eigenvalue weighted by molar-refractivity contribution is 0.0297. The SMILES string of the molecule is COc1ccc(C(=O)Oc2ccc(C(=O)O[C@H](Cc3ccccc3)c3ccccc3)cc2)cc1. The van der Waals surface area contributed by atoms with E-state index in [-0.39, 0.29) is 0 Å². The molecule has 4 aromatic carbocycles. The second kappa shape index (κ2) is 11.0. The van der Waals surface area contributed by atoms with Gasteiger partial charge >= 0.3 is 11.9 Å². The van der Waals surface area contributed by atoms with Crippen molar-refractivity contribution in [3.05, 3.63) is 131 Å². The number of hydrogen-bond acceptors (Lipinski definition) is 5. The van der Waals surface area contributed by atoms with Crippen molar-refractivity contribution in [2.75, 3.05) is 7.11 Å². The third-order valence-corrected chi connectivity index (χ3v) is 5.31. The molecule has 0 aliphatic carbocycles. The molecule has 0 saturated heterocycles. The van der Waals surface area contributed by atoms with Gasteiger partial charge in [-0.2, -0.15) is 0 Å². The predicted molar refractivity (Wildman–Crippen MR) is 129 cm³/mol. The average molecular weight is 453 g/mol. The van der Waals surface area contributed by atoms with Crippen LogP contribution in [0.3, 0.4) is 0 Å². The molecular weight excluding hydrogens is 428 g/mol. The Kier molecular flexibility index (Phi) is 7.35. The maximum atomic E-state index is 12.9. The van der Waals surface area contributed by atoms with Crippen molar-refractivity contribution in [1.29, 1.82) is 0 Å². The number of rotatable bonds is 8. The highest BCUT2D eigenvalue weighted by atomic mass is 16.5. The van der Waals surface area contributed by atoms with Gasteiger partial charge in [0.05, 0.1) is 18.2 Å². The highest BCUT2D eigenvalue weighted by Crippen LogP contribution is 2.25. The Morgan fingerprint density at radius 2 is 1.18 bits per heavy atom. The average Bonchev–Trinajstić information content (AvgIpc) is 2.90. The number of esters is 2. The van der Waals surface area contributed by atoms with Gasteiger partial charge in [-0.05, 0) is 59.7 Å². The minimum absolute atomic E-state index is 0.335. The third-order valence-electron chi connectivity index (χ3n) is 5.31. The van der Waals surface area contributed by atoms with Gasteiger partial charge in [-0.3, -0.25) is 0 Å². The van der Waals surface area contributed by atoms with E-state index in [2.05, 4.69) is 0 Å². The van der Waals surface area contributed by atoms with Crippen molar-refractivity contribution >= 4 is 11.9 Å². The van der Waals surface area contributed by atoms with Crippen molar-refractivity contribution in [1.82, 2.24) is 0 Å². The molecule has 0 bridgehead atoms. The quantitative estimate of drug-likeness (QED) is 0.240. The number of benzene rings is 4. The summed E-state index contributed by atoms with van der Waals surface area (Å²) in [6.07, 6.45) is 0.136. The predicted octanol–water partition coefficient (Wildman–Crippen LogP) is 6.06. The maximum absolute atomic E-state index is 12.9. The minimum Gasteiger partial charge on any atom is -0.497 e. The van der Waals surface area contributed by atoms with E-state index in [1.165, 1.54) is 0 Å². The first-order valence-electron chi connectivity index (χ1n) is 10.9. The summed E-state index contributed by atoms with van der Waals surface area (Å²) in [6, 6.07) is 32.5. The topological polar surface area (TPSA) is 61.8 Å². The molecule has 0 aliphatic heterocycles. The van der Waals surface area contributed by atoms with Crippen LogP contribution in [0.4, 0.5) is 0 Å². The van der Waals surface area contributed by atoms with E-state index in [0.717, 1.165) is 11.1 Å². The fraction of sp³-hybridized carbons (Fsp3) is 0.103. The molecule has 0 N–H and O–H groups in total. The minimum atomic E-state index is -0.495. The summed E-state index contributed by atoms with van der Waals surface area (Å²) in [4.78, 5) is 25.2. The lowest BCUT2D eigenvalue weighted by Crippen LogP contribution is -2.14. The van der Waals surface area contributed by atoms with Gasteiger partial charge in [-0.1, -0.05) is 60.7 Å². The summed E-state index contributed by atoms with van der Waals surface area (Å²) in [5, 5.41) is 0. The van der Waals surface area contributed by atoms with Gasteiger partial charge in [0, 0.05) is 6.42 Å². The van der Waals surface area contributed by atoms with Gasteiger partial charge in [0.1, 0.15) is 17.6 Å². The van der Waals surface area contributed by atoms with E-state index in [1.807, 2.05) is 60.7 Å². The monoisotopic (exact) mass is 452 g/mol. The Labute approximate surface area is 198 Å². The first kappa shape index (κ1) is 22.8. The zero-order valence-corrected chi connectivity index (χ0v) is 18.7. The molecule has 170 valence electrons. The molecule has 4 rings (SSSR count). The van der Waals surface area contributed by atoms with Gasteiger partial charge in [0.15, 0.2) is 0 Å². The fourth-order valence-electron chi connectivity index (χ4n) is 3.47. The molecule has 0 aromatic heterocycles. The van der Waals surface area contributed by atoms with Crippen LogP contribution in [0.5, 0.6) is 11.5 Å². The highest BCUT2D eigenvalue weighted by Gasteiger charge is 2.19. The molecule has 5 nitrogen and oxygen atoms in total. The van der Waals surface area contributed by atoms with Crippen LogP contribution in [-0.2, 0) is 11.2 Å². The van der Waals surface area contributed by atoms with Gasteiger partial charge in [0.25, 0.3) is 0 Å². The van der Waals surface area contributed by atoms with Gasteiger partial charge in [-0.25, -0.2) is 9.59 Å². The molecule has 34 heavy (non-hydrogen) atoms. The molecule has 0 fully saturated rings. The van der Waals surface area contributed by atoms with E-state index >= 15 is 0 Å². The summed E-state index contributed by atoms with van der Waals surface area (Å²) in [7, 11) is 1.56. The summed E-state index contributed by atoms with van der Waals surface area (Å²) in [5.74, 6) is 0.0459. The number of carbonyl (C=O) groups is 2. The Hall–Kier alpha value is -4.38. The molecule has 0 radical (unpaired) electrons. The van der Waals surface area contributed by atoms with Crippen molar-refractivity contribution in [3.8, 4) is 11.5 Å². The van der Waals surface area contributed by atoms with Crippen LogP contribution in [0.25, 0.3) is 0 Å². The second-order valence-corrected chi connectivity index (χ2v) is 7.64. The first-order valence-corrected chi connectivity index (χ1v) is 10.9. The maximum Gasteiger partial charge on any atom is 0.343 e. The van der Waals surface area contributed by atoms with E-state index in [4.69, 9.17) is 14.2 Å². The summed E-state index contributed by atoms with van der Waals surface area (Å²) >= 11 is 0. The summed E-state index contributed by atoms with van der Waals surface area (Å²) < 4.78 is 16.4. The lowest BCUT2D eigenvalue weighted by atomic mass is 10.0. The molecule has 4 aromatic rings. The molecule has 0 heterocycles. The second-order valence-electron chi connectivity index (χ2n) is 7.64. The summed E-state index contributed by atoms with van der Waals surface area (Å²) in [5.41, 5.74) is 2.77. The first-order chi connectivity index (χ1) is 16.6. The van der Waals surface area contributed by atoms with Crippen molar-refractivity contribution in [3.63, 3.8) is 0 Å². The molecule has 5 heteroatoms. The molecular formula is C29H24O5. The molecule has 0 saturated carbocycles. The van der Waals surface area contributed by atoms with Crippen molar-refractivity contribution < 1.29 is 23.8 Å². The van der Waals surface area contributed by atoms with Gasteiger partial charge in [-0.15, -0.1) is 0 Å². The van der Waals surface area contributed by atoms with Crippen molar-refractivity contribution in [2.24, 2.45) is 0 Å². The Morgan fingerprint density at radius 1 is 0.647 bits per heavy atom. The number of carbonyl (C=O) groups excluding carboxylic acids is 2. The number of methoxy groups -OCH3 is 1. The zero-order valence-electron chi connectivity index (χ0n) is 18.7. The smallest absolute Gasteiger partial charge is 0.343 e. The number of hydrogen-bond donors (Lipinski definition) is 0. The molecule has 1 atom stereocenters. The van der Waals surface area contributed by atoms with E-state index < -0.39 is 18.0 Å². The Morgan fingerprint density at radius 3 is 1.76 bits per heavy atom. The van der Waals surface area contributed by atoms with Crippen LogP contribution in [0, 0.1) is 0 Å². The van der Waals surface area contributed by atoms with E-state index in [9.17, 15) is 9.59 Å². The van der Waals surface area contributed by atoms with Gasteiger partial charge < -0.3 is 14.2 Å². The third kappa shape index (κ3) is 5.90. The van der Waals surface area contributed by atoms with Crippen LogP contribution in [0.2, 0.25) is 0 Å². The molecule has 0 amide bonds. The number of ether oxygens (including phenoxy) is 3. The zero-order chi connectivity index (χ0) is 23.8. The Bertz CT molecular complexity index is 1220. The van der Waals surface area contributed by atoms with Crippen LogP contribution < -0.4 is 9.47 Å². The Balaban J connectivity index is 1.43. The molecule has 0 spiro atoms. The largest absolute Gasteiger partial charge is 0.497 e. The van der Waals surface area contributed by atoms with E-state index in [0.29, 0.717) is 29.0 Å². The molecule has 0 aliphatic rings. The lowest BCUT2D eigenvalue weighted by Gasteiger charge is -2.19. The van der Waals surface area contributed by atoms with Gasteiger partial charge in [0.2, 0.25) is 0 Å². The standard InChI is InChI=1S/C29H24O5/c1-32-25-16-12-23(13-17-25)28(30)33-26-18-14-24(15-19-26)29(31)34-27(22-10-6-3-7-11-22)20-21-8-4-2-5-9-21/h2-19,27H,20H2,1H3/t27-/m1/s1. The summed E-state index contributed by atoms with van der Waals surface area (Å²) in [6.45, 7) is 0. The van der Waals surface area contributed by atoms with Crippen LogP contribution >= 0.6 is 0 Å². The fourth-order valence-corrected chi connectivity index (χ4v) is 3.47. The normalized spacial score (nSPS) is 11.3. The van der Waals surface area contributed by atoms with Crippen molar-refractivity contribution in [2.45, 2.75) is 12.5 Å². The van der Waals surface area contributed by atoms with E-state index in [1.54, 1.807) is 55.6 Å².